The van der Waals surface area contributed by atoms with Gasteiger partial charge in [-0.15, -0.1) is 0 Å². The van der Waals surface area contributed by atoms with Gasteiger partial charge in [0.15, 0.2) is 3.92 Å². The van der Waals surface area contributed by atoms with Crippen LogP contribution in [0.4, 0.5) is 5.00 Å². The van der Waals surface area contributed by atoms with Crippen molar-refractivity contribution in [1.82, 2.24) is 4.98 Å². The molecule has 76 valence electrons. The van der Waals surface area contributed by atoms with Gasteiger partial charge in [-0.3, -0.25) is 0 Å². The number of esters is 1. The molecule has 4 nitrogen and oxygen atoms in total. The highest BCUT2D eigenvalue weighted by Gasteiger charge is 2.30. The zero-order valence-electron chi connectivity index (χ0n) is 7.54. The van der Waals surface area contributed by atoms with E-state index in [1.54, 1.807) is 6.92 Å². The van der Waals surface area contributed by atoms with Gasteiger partial charge in [0.1, 0.15) is 11.0 Å². The summed E-state index contributed by atoms with van der Waals surface area (Å²) in [6.07, 6.45) is 0.621. The molecule has 1 atom stereocenters. The SMILES string of the molecule is CCOC(=O)C1Cc2nc(Br)sc2N1. The Morgan fingerprint density at radius 3 is 3.29 bits per heavy atom. The predicted molar refractivity (Wildman–Crippen MR) is 57.6 cm³/mol. The second kappa shape index (κ2) is 3.86. The summed E-state index contributed by atoms with van der Waals surface area (Å²) in [5.41, 5.74) is 0.944. The van der Waals surface area contributed by atoms with Crippen LogP contribution in [0, 0.1) is 0 Å². The maximum absolute atomic E-state index is 11.4. The number of hydrogen-bond acceptors (Lipinski definition) is 5. The van der Waals surface area contributed by atoms with E-state index in [0.717, 1.165) is 14.6 Å². The van der Waals surface area contributed by atoms with Crippen LogP contribution in [-0.2, 0) is 16.0 Å². The minimum Gasteiger partial charge on any atom is -0.464 e. The van der Waals surface area contributed by atoms with Gasteiger partial charge < -0.3 is 10.1 Å². The van der Waals surface area contributed by atoms with Crippen molar-refractivity contribution >= 4 is 38.2 Å². The first-order chi connectivity index (χ1) is 6.70. The number of rotatable bonds is 2. The van der Waals surface area contributed by atoms with E-state index < -0.39 is 0 Å². The Morgan fingerprint density at radius 1 is 1.86 bits per heavy atom. The summed E-state index contributed by atoms with van der Waals surface area (Å²) < 4.78 is 5.77. The fourth-order valence-corrected chi connectivity index (χ4v) is 2.83. The summed E-state index contributed by atoms with van der Waals surface area (Å²) in [5.74, 6) is -0.200. The number of carbonyl (C=O) groups excluding carboxylic acids is 1. The van der Waals surface area contributed by atoms with Gasteiger partial charge in [-0.25, -0.2) is 9.78 Å². The summed E-state index contributed by atoms with van der Waals surface area (Å²) in [6, 6.07) is -0.253. The number of nitrogens with one attached hydrogen (secondary N) is 1. The molecule has 0 aromatic carbocycles. The number of aromatic nitrogens is 1. The van der Waals surface area contributed by atoms with Gasteiger partial charge in [0.2, 0.25) is 0 Å². The third kappa shape index (κ3) is 1.76. The summed E-state index contributed by atoms with van der Waals surface area (Å²) in [5, 5.41) is 4.06. The minimum absolute atomic E-state index is 0.200. The number of ether oxygens (including phenoxy) is 1. The van der Waals surface area contributed by atoms with Gasteiger partial charge in [0.05, 0.1) is 12.3 Å². The maximum Gasteiger partial charge on any atom is 0.328 e. The summed E-state index contributed by atoms with van der Waals surface area (Å²) in [4.78, 5) is 15.6. The topological polar surface area (TPSA) is 51.2 Å². The third-order valence-corrected chi connectivity index (χ3v) is 3.43. The number of fused-ring (bicyclic) bond motifs is 1. The Balaban J connectivity index is 2.05. The molecule has 1 unspecified atom stereocenters. The lowest BCUT2D eigenvalue weighted by Gasteiger charge is -2.08. The average Bonchev–Trinajstić information content (AvgIpc) is 2.61. The molecule has 0 saturated carbocycles. The number of thiazole rings is 1. The van der Waals surface area contributed by atoms with Crippen LogP contribution in [0.5, 0.6) is 0 Å². The van der Waals surface area contributed by atoms with Crippen LogP contribution in [-0.4, -0.2) is 23.6 Å². The Morgan fingerprint density at radius 2 is 2.64 bits per heavy atom. The van der Waals surface area contributed by atoms with Gasteiger partial charge >= 0.3 is 5.97 Å². The van der Waals surface area contributed by atoms with Crippen molar-refractivity contribution in [1.29, 1.82) is 0 Å². The molecule has 2 heterocycles. The van der Waals surface area contributed by atoms with Crippen LogP contribution in [0.1, 0.15) is 12.6 Å². The van der Waals surface area contributed by atoms with Gasteiger partial charge in [0.25, 0.3) is 0 Å². The smallest absolute Gasteiger partial charge is 0.328 e. The molecule has 1 aliphatic rings. The molecule has 1 aliphatic heterocycles. The lowest BCUT2D eigenvalue weighted by molar-refractivity contribution is -0.143. The fraction of sp³-hybridized carbons (Fsp3) is 0.500. The van der Waals surface area contributed by atoms with E-state index in [-0.39, 0.29) is 12.0 Å². The van der Waals surface area contributed by atoms with E-state index >= 15 is 0 Å². The highest BCUT2D eigenvalue weighted by molar-refractivity contribution is 9.11. The molecule has 0 amide bonds. The van der Waals surface area contributed by atoms with Crippen molar-refractivity contribution in [3.63, 3.8) is 0 Å². The second-order valence-electron chi connectivity index (χ2n) is 2.90. The molecule has 14 heavy (non-hydrogen) atoms. The van der Waals surface area contributed by atoms with E-state index in [1.165, 1.54) is 11.3 Å². The maximum atomic E-state index is 11.4. The van der Waals surface area contributed by atoms with E-state index in [9.17, 15) is 4.79 Å². The molecule has 0 aliphatic carbocycles. The van der Waals surface area contributed by atoms with Gasteiger partial charge in [0, 0.05) is 6.42 Å². The lowest BCUT2D eigenvalue weighted by Crippen LogP contribution is -2.29. The summed E-state index contributed by atoms with van der Waals surface area (Å²) in [6.45, 7) is 2.22. The van der Waals surface area contributed by atoms with E-state index in [0.29, 0.717) is 13.0 Å². The Bertz CT molecular complexity index is 343. The van der Waals surface area contributed by atoms with Crippen molar-refractivity contribution in [2.24, 2.45) is 0 Å². The molecular formula is C8H9BrN2O2S. The first kappa shape index (κ1) is 9.92. The summed E-state index contributed by atoms with van der Waals surface area (Å²) in [7, 11) is 0. The van der Waals surface area contributed by atoms with Crippen LogP contribution in [0.3, 0.4) is 0 Å². The van der Waals surface area contributed by atoms with Crippen molar-refractivity contribution in [3.8, 4) is 0 Å². The average molecular weight is 277 g/mol. The van der Waals surface area contributed by atoms with Crippen LogP contribution in [0.25, 0.3) is 0 Å². The third-order valence-electron chi connectivity index (χ3n) is 1.95. The monoisotopic (exact) mass is 276 g/mol. The number of hydrogen-bond donors (Lipinski definition) is 1. The molecule has 1 aromatic heterocycles. The number of anilines is 1. The summed E-state index contributed by atoms with van der Waals surface area (Å²) >= 11 is 4.80. The van der Waals surface area contributed by atoms with Crippen LogP contribution >= 0.6 is 27.3 Å². The molecule has 0 spiro atoms. The highest BCUT2D eigenvalue weighted by atomic mass is 79.9. The second-order valence-corrected chi connectivity index (χ2v) is 5.17. The van der Waals surface area contributed by atoms with Crippen molar-refractivity contribution < 1.29 is 9.53 Å². The van der Waals surface area contributed by atoms with Crippen molar-refractivity contribution in [2.75, 3.05) is 11.9 Å². The molecule has 0 bridgehead atoms. The van der Waals surface area contributed by atoms with Crippen molar-refractivity contribution in [3.05, 3.63) is 9.61 Å². The Hall–Kier alpha value is -0.620. The zero-order chi connectivity index (χ0) is 10.1. The molecule has 1 aromatic rings. The zero-order valence-corrected chi connectivity index (χ0v) is 9.94. The normalized spacial score (nSPS) is 18.9. The van der Waals surface area contributed by atoms with E-state index in [2.05, 4.69) is 26.2 Å². The van der Waals surface area contributed by atoms with Crippen LogP contribution in [0.2, 0.25) is 0 Å². The Labute approximate surface area is 93.8 Å². The fourth-order valence-electron chi connectivity index (χ4n) is 1.36. The number of halogens is 1. The molecule has 0 saturated heterocycles. The standard InChI is InChI=1S/C8H9BrN2O2S/c1-2-13-7(12)5-3-4-6(10-5)14-8(9)11-4/h5,10H,2-3H2,1H3. The van der Waals surface area contributed by atoms with E-state index in [1.807, 2.05) is 0 Å². The molecule has 0 radical (unpaired) electrons. The molecule has 2 rings (SSSR count). The molecular weight excluding hydrogens is 268 g/mol. The molecule has 6 heteroatoms. The number of carbonyl (C=O) groups is 1. The van der Waals surface area contributed by atoms with Crippen molar-refractivity contribution in [2.45, 2.75) is 19.4 Å². The Kier molecular flexibility index (Phi) is 2.73. The largest absolute Gasteiger partial charge is 0.464 e. The lowest BCUT2D eigenvalue weighted by atomic mass is 10.2. The number of nitrogens with zero attached hydrogens (tertiary/aromatic N) is 1. The minimum atomic E-state index is -0.253. The van der Waals surface area contributed by atoms with Gasteiger partial charge in [-0.2, -0.15) is 0 Å². The van der Waals surface area contributed by atoms with Gasteiger partial charge in [-0.1, -0.05) is 11.3 Å². The van der Waals surface area contributed by atoms with E-state index in [4.69, 9.17) is 4.74 Å². The quantitative estimate of drug-likeness (QED) is 0.837. The molecule has 1 N–H and O–H groups in total. The predicted octanol–water partition coefficient (Wildman–Crippen LogP) is 1.81. The molecule has 0 fully saturated rings. The first-order valence-electron chi connectivity index (χ1n) is 4.29. The highest BCUT2D eigenvalue weighted by Crippen LogP contribution is 2.34. The van der Waals surface area contributed by atoms with Crippen LogP contribution in [0.15, 0.2) is 3.92 Å². The van der Waals surface area contributed by atoms with Gasteiger partial charge in [-0.05, 0) is 22.9 Å². The first-order valence-corrected chi connectivity index (χ1v) is 5.90. The van der Waals surface area contributed by atoms with Crippen LogP contribution < -0.4 is 5.32 Å².